The van der Waals surface area contributed by atoms with Crippen molar-refractivity contribution in [2.75, 3.05) is 6.61 Å². The second-order valence-electron chi connectivity index (χ2n) is 5.19. The molecule has 1 aromatic heterocycles. The molecule has 0 spiro atoms. The van der Waals surface area contributed by atoms with E-state index in [0.29, 0.717) is 17.7 Å². The van der Waals surface area contributed by atoms with Gasteiger partial charge < -0.3 is 14.2 Å². The summed E-state index contributed by atoms with van der Waals surface area (Å²) in [6.45, 7) is 2.82. The fourth-order valence-corrected chi connectivity index (χ4v) is 2.68. The van der Waals surface area contributed by atoms with Gasteiger partial charge in [-0.25, -0.2) is 4.98 Å². The van der Waals surface area contributed by atoms with Crippen molar-refractivity contribution in [3.8, 4) is 0 Å². The Morgan fingerprint density at radius 3 is 3.05 bits per heavy atom. The van der Waals surface area contributed by atoms with Crippen LogP contribution in [-0.2, 0) is 14.2 Å². The molecule has 4 atom stereocenters. The van der Waals surface area contributed by atoms with Gasteiger partial charge in [-0.15, -0.1) is 0 Å². The van der Waals surface area contributed by atoms with Gasteiger partial charge >= 0.3 is 0 Å². The molecule has 2 heterocycles. The van der Waals surface area contributed by atoms with Gasteiger partial charge in [-0.05, 0) is 24.6 Å². The minimum atomic E-state index is -0.436. The van der Waals surface area contributed by atoms with Crippen LogP contribution in [0.5, 0.6) is 0 Å². The van der Waals surface area contributed by atoms with Gasteiger partial charge in [0.2, 0.25) is 6.29 Å². The SMILES string of the molecule is C[C@@H]1C=C[C@H](O[C@@H]2CCOC2OC(=S)n2ccnc2)C1. The van der Waals surface area contributed by atoms with E-state index in [2.05, 4.69) is 24.1 Å². The van der Waals surface area contributed by atoms with E-state index in [1.165, 1.54) is 0 Å². The highest BCUT2D eigenvalue weighted by Gasteiger charge is 2.34. The van der Waals surface area contributed by atoms with Gasteiger partial charge in [-0.1, -0.05) is 19.1 Å². The van der Waals surface area contributed by atoms with E-state index in [0.717, 1.165) is 12.8 Å². The van der Waals surface area contributed by atoms with Crippen LogP contribution in [0.3, 0.4) is 0 Å². The summed E-state index contributed by atoms with van der Waals surface area (Å²) in [6.07, 6.45) is 10.8. The fraction of sp³-hybridized carbons (Fsp3) is 0.571. The third kappa shape index (κ3) is 3.08. The maximum absolute atomic E-state index is 6.05. The molecule has 108 valence electrons. The lowest BCUT2D eigenvalue weighted by molar-refractivity contribution is -0.129. The molecule has 0 aromatic carbocycles. The summed E-state index contributed by atoms with van der Waals surface area (Å²) in [6, 6.07) is 0. The zero-order valence-corrected chi connectivity index (χ0v) is 12.2. The van der Waals surface area contributed by atoms with Crippen molar-refractivity contribution in [2.45, 2.75) is 38.3 Å². The largest absolute Gasteiger partial charge is 0.438 e. The number of hydrogen-bond donors (Lipinski definition) is 0. The predicted octanol–water partition coefficient (Wildman–Crippen LogP) is 2.13. The number of aromatic nitrogens is 2. The maximum atomic E-state index is 6.05. The lowest BCUT2D eigenvalue weighted by Gasteiger charge is -2.23. The van der Waals surface area contributed by atoms with Crippen molar-refractivity contribution in [2.24, 2.45) is 5.92 Å². The van der Waals surface area contributed by atoms with Crippen LogP contribution < -0.4 is 0 Å². The van der Waals surface area contributed by atoms with Crippen molar-refractivity contribution in [1.82, 2.24) is 9.55 Å². The van der Waals surface area contributed by atoms with Crippen molar-refractivity contribution in [1.29, 1.82) is 0 Å². The summed E-state index contributed by atoms with van der Waals surface area (Å²) in [4.78, 5) is 3.94. The van der Waals surface area contributed by atoms with Gasteiger partial charge in [0.1, 0.15) is 12.4 Å². The number of nitrogens with zero attached hydrogens (tertiary/aromatic N) is 2. The summed E-state index contributed by atoms with van der Waals surface area (Å²) in [5, 5.41) is 0.332. The third-order valence-corrected chi connectivity index (χ3v) is 3.84. The lowest BCUT2D eigenvalue weighted by Crippen LogP contribution is -2.33. The Labute approximate surface area is 123 Å². The molecule has 1 unspecified atom stereocenters. The fourth-order valence-electron chi connectivity index (χ4n) is 2.48. The molecule has 1 aliphatic heterocycles. The molecule has 0 radical (unpaired) electrons. The van der Waals surface area contributed by atoms with E-state index < -0.39 is 6.29 Å². The number of imidazole rings is 1. The summed E-state index contributed by atoms with van der Waals surface area (Å²) in [5.74, 6) is 0.578. The van der Waals surface area contributed by atoms with E-state index in [1.807, 2.05) is 0 Å². The van der Waals surface area contributed by atoms with E-state index >= 15 is 0 Å². The van der Waals surface area contributed by atoms with Crippen LogP contribution in [0.1, 0.15) is 19.8 Å². The van der Waals surface area contributed by atoms with Gasteiger partial charge in [-0.2, -0.15) is 0 Å². The number of ether oxygens (including phenoxy) is 3. The Bertz CT molecular complexity index is 489. The van der Waals surface area contributed by atoms with Gasteiger partial charge in [0, 0.05) is 18.8 Å². The van der Waals surface area contributed by atoms with Crippen molar-refractivity contribution in [3.05, 3.63) is 30.9 Å². The minimum absolute atomic E-state index is 0.0728. The Balaban J connectivity index is 1.56. The van der Waals surface area contributed by atoms with Crippen LogP contribution in [0.15, 0.2) is 30.9 Å². The number of thiocarbonyl (C=S) groups is 1. The summed E-state index contributed by atoms with van der Waals surface area (Å²) < 4.78 is 19.0. The average molecular weight is 294 g/mol. The third-order valence-electron chi connectivity index (χ3n) is 3.53. The molecule has 0 bridgehead atoms. The molecular formula is C14H18N2O3S. The first-order valence-electron chi connectivity index (χ1n) is 6.86. The Hall–Kier alpha value is -1.24. The molecule has 1 aromatic rings. The van der Waals surface area contributed by atoms with E-state index in [-0.39, 0.29) is 12.2 Å². The summed E-state index contributed by atoms with van der Waals surface area (Å²) >= 11 is 5.22. The van der Waals surface area contributed by atoms with Crippen LogP contribution in [0.2, 0.25) is 0 Å². The van der Waals surface area contributed by atoms with E-state index in [9.17, 15) is 0 Å². The predicted molar refractivity (Wildman–Crippen MR) is 77.2 cm³/mol. The topological polar surface area (TPSA) is 45.5 Å². The van der Waals surface area contributed by atoms with Gasteiger partial charge in [0.25, 0.3) is 5.17 Å². The molecule has 0 N–H and O–H groups in total. The zero-order valence-electron chi connectivity index (χ0n) is 11.3. The highest BCUT2D eigenvalue weighted by molar-refractivity contribution is 7.80. The molecule has 0 saturated carbocycles. The monoisotopic (exact) mass is 294 g/mol. The molecule has 1 saturated heterocycles. The van der Waals surface area contributed by atoms with E-state index in [4.69, 9.17) is 26.4 Å². The highest BCUT2D eigenvalue weighted by Crippen LogP contribution is 2.26. The van der Waals surface area contributed by atoms with Gasteiger partial charge in [-0.3, -0.25) is 4.57 Å². The van der Waals surface area contributed by atoms with Gasteiger partial charge in [0.15, 0.2) is 0 Å². The molecule has 3 rings (SSSR count). The van der Waals surface area contributed by atoms with Crippen molar-refractivity contribution in [3.63, 3.8) is 0 Å². The van der Waals surface area contributed by atoms with Gasteiger partial charge in [0.05, 0.1) is 12.7 Å². The smallest absolute Gasteiger partial charge is 0.271 e. The Kier molecular flexibility index (Phi) is 4.14. The molecule has 2 aliphatic rings. The molecule has 0 amide bonds. The molecule has 5 nitrogen and oxygen atoms in total. The average Bonchev–Trinajstić information content (AvgIpc) is 3.13. The zero-order chi connectivity index (χ0) is 13.9. The maximum Gasteiger partial charge on any atom is 0.271 e. The quantitative estimate of drug-likeness (QED) is 0.631. The molecule has 6 heteroatoms. The lowest BCUT2D eigenvalue weighted by atomic mass is 10.1. The first kappa shape index (κ1) is 13.7. The second-order valence-corrected chi connectivity index (χ2v) is 5.54. The normalized spacial score (nSPS) is 32.6. The second kappa shape index (κ2) is 6.03. The Morgan fingerprint density at radius 2 is 2.35 bits per heavy atom. The Morgan fingerprint density at radius 1 is 1.45 bits per heavy atom. The van der Waals surface area contributed by atoms with Crippen molar-refractivity contribution >= 4 is 17.4 Å². The molecular weight excluding hydrogens is 276 g/mol. The summed E-state index contributed by atoms with van der Waals surface area (Å²) in [7, 11) is 0. The molecule has 1 aliphatic carbocycles. The number of allylic oxidation sites excluding steroid dienone is 1. The summed E-state index contributed by atoms with van der Waals surface area (Å²) in [5.41, 5.74) is 0. The molecule has 1 fully saturated rings. The van der Waals surface area contributed by atoms with Crippen LogP contribution >= 0.6 is 12.2 Å². The molecule has 20 heavy (non-hydrogen) atoms. The standard InChI is InChI=1S/C14H18N2O3S/c1-10-2-3-11(8-10)18-12-4-7-17-13(12)19-14(20)16-6-5-15-9-16/h2-3,5-6,9-13H,4,7-8H2,1H3/t10-,11+,12-,13?/m1/s1. The highest BCUT2D eigenvalue weighted by atomic mass is 32.1. The van der Waals surface area contributed by atoms with Crippen molar-refractivity contribution < 1.29 is 14.2 Å². The minimum Gasteiger partial charge on any atom is -0.438 e. The van der Waals surface area contributed by atoms with Crippen LogP contribution in [0.25, 0.3) is 0 Å². The number of hydrogen-bond acceptors (Lipinski definition) is 5. The van der Waals surface area contributed by atoms with Crippen LogP contribution in [0.4, 0.5) is 0 Å². The van der Waals surface area contributed by atoms with Crippen LogP contribution in [-0.4, -0.2) is 39.8 Å². The van der Waals surface area contributed by atoms with Crippen LogP contribution in [0, 0.1) is 5.92 Å². The first-order chi connectivity index (χ1) is 9.72. The first-order valence-corrected chi connectivity index (χ1v) is 7.27. The van der Waals surface area contributed by atoms with E-state index in [1.54, 1.807) is 23.3 Å². The number of rotatable bonds is 3.